The summed E-state index contributed by atoms with van der Waals surface area (Å²) in [6.07, 6.45) is 2.69. The van der Waals surface area contributed by atoms with E-state index in [2.05, 4.69) is 11.0 Å². The first-order chi connectivity index (χ1) is 10.2. The van der Waals surface area contributed by atoms with Gasteiger partial charge in [0.15, 0.2) is 0 Å². The van der Waals surface area contributed by atoms with Gasteiger partial charge in [-0.2, -0.15) is 0 Å². The van der Waals surface area contributed by atoms with Crippen molar-refractivity contribution in [3.05, 3.63) is 23.3 Å². The summed E-state index contributed by atoms with van der Waals surface area (Å²) in [6.45, 7) is 0.869. The van der Waals surface area contributed by atoms with Gasteiger partial charge in [0.1, 0.15) is 17.5 Å². The highest BCUT2D eigenvalue weighted by Gasteiger charge is 2.43. The predicted octanol–water partition coefficient (Wildman–Crippen LogP) is 1.94. The summed E-state index contributed by atoms with van der Waals surface area (Å²) in [5.74, 6) is 1.54. The fourth-order valence-corrected chi connectivity index (χ4v) is 3.65. The second-order valence-corrected chi connectivity index (χ2v) is 5.52. The van der Waals surface area contributed by atoms with E-state index in [1.807, 2.05) is 6.07 Å². The Morgan fingerprint density at radius 2 is 2.00 bits per heavy atom. The number of carbonyl (C=O) groups is 1. The number of ether oxygens (including phenoxy) is 3. The number of hydrogen-bond acceptors (Lipinski definition) is 5. The predicted molar refractivity (Wildman–Crippen MR) is 77.7 cm³/mol. The fraction of sp³-hybridized carbons (Fsp3) is 0.562. The van der Waals surface area contributed by atoms with E-state index in [1.165, 1.54) is 18.2 Å². The number of fused-ring (bicyclic) bond motifs is 3. The van der Waals surface area contributed by atoms with Crippen LogP contribution in [0.1, 0.15) is 30.0 Å². The molecule has 21 heavy (non-hydrogen) atoms. The Morgan fingerprint density at radius 1 is 1.19 bits per heavy atom. The van der Waals surface area contributed by atoms with Crippen molar-refractivity contribution in [3.8, 4) is 11.5 Å². The first-order valence-corrected chi connectivity index (χ1v) is 7.28. The molecular weight excluding hydrogens is 270 g/mol. The van der Waals surface area contributed by atoms with Crippen molar-refractivity contribution in [1.29, 1.82) is 0 Å². The van der Waals surface area contributed by atoms with Crippen LogP contribution in [0, 0.1) is 0 Å². The smallest absolute Gasteiger partial charge is 0.323 e. The molecule has 0 bridgehead atoms. The quantitative estimate of drug-likeness (QED) is 0.797. The molecule has 1 fully saturated rings. The van der Waals surface area contributed by atoms with Crippen LogP contribution in [0.15, 0.2) is 12.1 Å². The highest BCUT2D eigenvalue weighted by atomic mass is 16.5. The maximum atomic E-state index is 11.9. The van der Waals surface area contributed by atoms with E-state index in [9.17, 15) is 4.79 Å². The Kier molecular flexibility index (Phi) is 3.76. The van der Waals surface area contributed by atoms with Crippen molar-refractivity contribution in [2.75, 3.05) is 27.9 Å². The van der Waals surface area contributed by atoms with Crippen molar-refractivity contribution in [2.45, 2.75) is 31.3 Å². The Bertz CT molecular complexity index is 540. The molecule has 2 atom stereocenters. The van der Waals surface area contributed by atoms with Gasteiger partial charge in [-0.25, -0.2) is 0 Å². The molecule has 0 radical (unpaired) electrons. The van der Waals surface area contributed by atoms with Crippen LogP contribution in [0.4, 0.5) is 0 Å². The standard InChI is InChI=1S/C16H21NO4/c1-19-11-8-10-6-7-17-12(15(10)14(9-11)20-2)4-5-13(17)16(18)21-3/h8-9,12-13H,4-7H2,1-3H3/t12-,13-/m0/s1. The van der Waals surface area contributed by atoms with Gasteiger partial charge in [0.25, 0.3) is 0 Å². The van der Waals surface area contributed by atoms with Gasteiger partial charge in [-0.1, -0.05) is 0 Å². The summed E-state index contributed by atoms with van der Waals surface area (Å²) in [5, 5.41) is 0. The monoisotopic (exact) mass is 291 g/mol. The lowest BCUT2D eigenvalue weighted by Crippen LogP contribution is -2.41. The average molecular weight is 291 g/mol. The van der Waals surface area contributed by atoms with Gasteiger partial charge < -0.3 is 14.2 Å². The van der Waals surface area contributed by atoms with Crippen LogP contribution >= 0.6 is 0 Å². The number of carbonyl (C=O) groups excluding carboxylic acids is 1. The number of rotatable bonds is 3. The third kappa shape index (κ3) is 2.25. The van der Waals surface area contributed by atoms with Crippen molar-refractivity contribution < 1.29 is 19.0 Å². The summed E-state index contributed by atoms with van der Waals surface area (Å²) in [4.78, 5) is 14.2. The molecule has 0 spiro atoms. The molecule has 1 saturated heterocycles. The van der Waals surface area contributed by atoms with Crippen molar-refractivity contribution >= 4 is 5.97 Å². The fourth-order valence-electron chi connectivity index (χ4n) is 3.65. The summed E-state index contributed by atoms with van der Waals surface area (Å²) in [5.41, 5.74) is 2.47. The van der Waals surface area contributed by atoms with Crippen LogP contribution in [0.2, 0.25) is 0 Å². The highest BCUT2D eigenvalue weighted by molar-refractivity contribution is 5.76. The molecule has 1 aromatic rings. The molecule has 3 rings (SSSR count). The third-order valence-corrected chi connectivity index (χ3v) is 4.62. The molecule has 0 saturated carbocycles. The van der Waals surface area contributed by atoms with E-state index in [1.54, 1.807) is 14.2 Å². The van der Waals surface area contributed by atoms with Crippen LogP contribution in [0.25, 0.3) is 0 Å². The summed E-state index contributed by atoms with van der Waals surface area (Å²) < 4.78 is 15.8. The Balaban J connectivity index is 1.99. The molecule has 0 unspecified atom stereocenters. The van der Waals surface area contributed by atoms with Crippen LogP contribution in [0.3, 0.4) is 0 Å². The van der Waals surface area contributed by atoms with E-state index >= 15 is 0 Å². The van der Waals surface area contributed by atoms with Crippen LogP contribution in [-0.4, -0.2) is 44.8 Å². The minimum absolute atomic E-state index is 0.125. The van der Waals surface area contributed by atoms with E-state index in [0.717, 1.165) is 37.3 Å². The van der Waals surface area contributed by atoms with Crippen LogP contribution in [0.5, 0.6) is 11.5 Å². The SMILES string of the molecule is COC(=O)[C@@H]1CC[C@H]2c3c(cc(OC)cc3OC)CCN12. The first-order valence-electron chi connectivity index (χ1n) is 7.28. The van der Waals surface area contributed by atoms with Crippen molar-refractivity contribution in [1.82, 2.24) is 4.90 Å². The number of methoxy groups -OCH3 is 3. The largest absolute Gasteiger partial charge is 0.497 e. The lowest BCUT2D eigenvalue weighted by molar-refractivity contribution is -0.146. The molecule has 5 heteroatoms. The Labute approximate surface area is 124 Å². The molecule has 2 aliphatic heterocycles. The molecule has 1 aromatic carbocycles. The van der Waals surface area contributed by atoms with Gasteiger partial charge >= 0.3 is 5.97 Å². The van der Waals surface area contributed by atoms with Gasteiger partial charge in [-0.3, -0.25) is 9.69 Å². The van der Waals surface area contributed by atoms with Gasteiger partial charge in [0, 0.05) is 24.2 Å². The average Bonchev–Trinajstić information content (AvgIpc) is 2.96. The molecular formula is C16H21NO4. The number of esters is 1. The topological polar surface area (TPSA) is 48.0 Å². The molecule has 0 amide bonds. The summed E-state index contributed by atoms with van der Waals surface area (Å²) >= 11 is 0. The highest BCUT2D eigenvalue weighted by Crippen LogP contribution is 2.46. The zero-order valence-electron chi connectivity index (χ0n) is 12.7. The van der Waals surface area contributed by atoms with E-state index in [0.29, 0.717) is 0 Å². The van der Waals surface area contributed by atoms with E-state index in [-0.39, 0.29) is 18.1 Å². The summed E-state index contributed by atoms with van der Waals surface area (Å²) in [7, 11) is 4.80. The first kappa shape index (κ1) is 14.2. The maximum Gasteiger partial charge on any atom is 0.323 e. The molecule has 0 aromatic heterocycles. The molecule has 2 aliphatic rings. The number of hydrogen-bond donors (Lipinski definition) is 0. The van der Waals surface area contributed by atoms with E-state index < -0.39 is 0 Å². The molecule has 114 valence electrons. The van der Waals surface area contributed by atoms with Gasteiger partial charge in [-0.05, 0) is 30.9 Å². The van der Waals surface area contributed by atoms with Crippen LogP contribution in [-0.2, 0) is 16.0 Å². The minimum Gasteiger partial charge on any atom is -0.497 e. The lowest BCUT2D eigenvalue weighted by atomic mass is 9.91. The minimum atomic E-state index is -0.131. The normalized spacial score (nSPS) is 24.1. The molecule has 0 aliphatic carbocycles. The zero-order chi connectivity index (χ0) is 15.0. The molecule has 0 N–H and O–H groups in total. The number of nitrogens with zero attached hydrogens (tertiary/aromatic N) is 1. The van der Waals surface area contributed by atoms with Gasteiger partial charge in [0.2, 0.25) is 0 Å². The van der Waals surface area contributed by atoms with Crippen molar-refractivity contribution in [3.63, 3.8) is 0 Å². The Hall–Kier alpha value is -1.75. The second-order valence-electron chi connectivity index (χ2n) is 5.52. The third-order valence-electron chi connectivity index (χ3n) is 4.62. The Morgan fingerprint density at radius 3 is 2.67 bits per heavy atom. The van der Waals surface area contributed by atoms with Gasteiger partial charge in [0.05, 0.1) is 21.3 Å². The van der Waals surface area contributed by atoms with Crippen LogP contribution < -0.4 is 9.47 Å². The lowest BCUT2D eigenvalue weighted by Gasteiger charge is -2.35. The van der Waals surface area contributed by atoms with Gasteiger partial charge in [-0.15, -0.1) is 0 Å². The van der Waals surface area contributed by atoms with E-state index in [4.69, 9.17) is 14.2 Å². The second kappa shape index (κ2) is 5.56. The maximum absolute atomic E-state index is 11.9. The van der Waals surface area contributed by atoms with Crippen molar-refractivity contribution in [2.24, 2.45) is 0 Å². The molecule has 5 nitrogen and oxygen atoms in total. The molecule has 2 heterocycles. The summed E-state index contributed by atoms with van der Waals surface area (Å²) in [6, 6.07) is 4.12. The zero-order valence-corrected chi connectivity index (χ0v) is 12.7. The number of benzene rings is 1.